The van der Waals surface area contributed by atoms with E-state index in [1.165, 1.54) is 6.07 Å². The lowest BCUT2D eigenvalue weighted by atomic mass is 9.90. The van der Waals surface area contributed by atoms with E-state index in [1.54, 1.807) is 13.0 Å². The smallest absolute Gasteiger partial charge is 0.344 e. The molecule has 1 aliphatic rings. The second-order valence-corrected chi connectivity index (χ2v) is 6.74. The van der Waals surface area contributed by atoms with Crippen molar-refractivity contribution in [3.63, 3.8) is 0 Å². The number of halogens is 3. The van der Waals surface area contributed by atoms with E-state index in [0.29, 0.717) is 12.0 Å². The molecule has 5 heteroatoms. The predicted octanol–water partition coefficient (Wildman–Crippen LogP) is 6.46. The first-order valence-electron chi connectivity index (χ1n) is 8.69. The largest absolute Gasteiger partial charge is 0.416 e. The van der Waals surface area contributed by atoms with Crippen LogP contribution < -0.4 is 6.15 Å². The summed E-state index contributed by atoms with van der Waals surface area (Å²) < 4.78 is 38.5. The van der Waals surface area contributed by atoms with E-state index >= 15 is 0 Å². The summed E-state index contributed by atoms with van der Waals surface area (Å²) in [6.45, 7) is 3.89. The van der Waals surface area contributed by atoms with Crippen molar-refractivity contribution in [2.45, 2.75) is 64.5 Å². The van der Waals surface area contributed by atoms with Crippen molar-refractivity contribution in [3.8, 4) is 0 Å². The monoisotopic (exact) mass is 355 g/mol. The maximum atomic E-state index is 12.8. The molecule has 0 aromatic heterocycles. The summed E-state index contributed by atoms with van der Waals surface area (Å²) in [4.78, 5) is 12.5. The lowest BCUT2D eigenvalue weighted by Gasteiger charge is -2.15. The molecule has 25 heavy (non-hydrogen) atoms. The Labute approximate surface area is 148 Å². The summed E-state index contributed by atoms with van der Waals surface area (Å²) >= 11 is 0. The molecule has 0 saturated heterocycles. The van der Waals surface area contributed by atoms with Gasteiger partial charge < -0.3 is 6.15 Å². The number of alkyl halides is 3. The van der Waals surface area contributed by atoms with Crippen LogP contribution in [0.4, 0.5) is 13.2 Å². The third kappa shape index (κ3) is 5.99. The van der Waals surface area contributed by atoms with Gasteiger partial charge in [0.25, 0.3) is 0 Å². The number of carbonyl (C=O) groups excluding carboxylic acids is 1. The zero-order valence-electron chi connectivity index (χ0n) is 15.0. The van der Waals surface area contributed by atoms with Gasteiger partial charge >= 0.3 is 6.18 Å². The minimum Gasteiger partial charge on any atom is -0.344 e. The molecule has 2 rings (SSSR count). The number of ketones is 1. The highest BCUT2D eigenvalue weighted by Gasteiger charge is 2.31. The predicted molar refractivity (Wildman–Crippen MR) is 94.8 cm³/mol. The molecule has 1 aromatic rings. The normalized spacial score (nSPS) is 19.4. The van der Waals surface area contributed by atoms with Crippen LogP contribution >= 0.6 is 0 Å². The fraction of sp³-hybridized carbons (Fsp3) is 0.550. The molecule has 2 atom stereocenters. The SMILES string of the molecule is CCC1CCC=C(CC(=O)C(C)c2cccc(C(F)(F)F)c2)CC1.N. The van der Waals surface area contributed by atoms with Gasteiger partial charge in [-0.15, -0.1) is 0 Å². The molecule has 0 radical (unpaired) electrons. The van der Waals surface area contributed by atoms with Crippen LogP contribution in [0.2, 0.25) is 0 Å². The standard InChI is InChI=1S/C20H25F3O.H3N/c1-3-15-6-4-7-16(11-10-15)12-19(24)14(2)17-8-5-9-18(13-17)20(21,22)23;/h5,7-9,13-15H,3-4,6,10-12H2,1-2H3;1H3. The number of carbonyl (C=O) groups is 1. The average Bonchev–Trinajstić information content (AvgIpc) is 2.78. The molecule has 2 unspecified atom stereocenters. The van der Waals surface area contributed by atoms with Crippen LogP contribution in [-0.2, 0) is 11.0 Å². The van der Waals surface area contributed by atoms with Gasteiger partial charge in [0, 0.05) is 12.3 Å². The maximum Gasteiger partial charge on any atom is 0.416 e. The van der Waals surface area contributed by atoms with E-state index in [1.807, 2.05) is 0 Å². The van der Waals surface area contributed by atoms with E-state index in [-0.39, 0.29) is 11.9 Å². The molecule has 1 aliphatic carbocycles. The third-order valence-corrected chi connectivity index (χ3v) is 5.06. The Balaban J connectivity index is 0.00000312. The molecule has 0 heterocycles. The zero-order valence-corrected chi connectivity index (χ0v) is 15.0. The molecular weight excluding hydrogens is 327 g/mol. The topological polar surface area (TPSA) is 52.1 Å². The molecule has 140 valence electrons. The van der Waals surface area contributed by atoms with E-state index in [4.69, 9.17) is 0 Å². The molecule has 0 saturated carbocycles. The van der Waals surface area contributed by atoms with Gasteiger partial charge in [-0.3, -0.25) is 4.79 Å². The van der Waals surface area contributed by atoms with E-state index in [2.05, 4.69) is 13.0 Å². The van der Waals surface area contributed by atoms with E-state index in [0.717, 1.165) is 55.7 Å². The molecule has 0 spiro atoms. The van der Waals surface area contributed by atoms with E-state index < -0.39 is 17.7 Å². The van der Waals surface area contributed by atoms with Crippen LogP contribution in [0.15, 0.2) is 35.9 Å². The summed E-state index contributed by atoms with van der Waals surface area (Å²) in [6, 6.07) is 5.11. The van der Waals surface area contributed by atoms with Gasteiger partial charge in [0.15, 0.2) is 0 Å². The molecule has 1 aromatic carbocycles. The second-order valence-electron chi connectivity index (χ2n) is 6.74. The number of allylic oxidation sites excluding steroid dienone is 2. The highest BCUT2D eigenvalue weighted by atomic mass is 19.4. The second kappa shape index (κ2) is 9.18. The van der Waals surface area contributed by atoms with Gasteiger partial charge in [0.05, 0.1) is 5.56 Å². The summed E-state index contributed by atoms with van der Waals surface area (Å²) in [7, 11) is 0. The Bertz CT molecular complexity index is 607. The Kier molecular flexibility index (Phi) is 7.87. The van der Waals surface area contributed by atoms with Crippen LogP contribution in [0.3, 0.4) is 0 Å². The van der Waals surface area contributed by atoms with Crippen molar-refractivity contribution in [3.05, 3.63) is 47.0 Å². The number of benzene rings is 1. The van der Waals surface area contributed by atoms with Gasteiger partial charge in [-0.1, -0.05) is 50.1 Å². The summed E-state index contributed by atoms with van der Waals surface area (Å²) in [5.41, 5.74) is 0.893. The number of hydrogen-bond acceptors (Lipinski definition) is 2. The fourth-order valence-electron chi connectivity index (χ4n) is 3.27. The first-order chi connectivity index (χ1) is 11.3. The summed E-state index contributed by atoms with van der Waals surface area (Å²) in [6.07, 6.45) is 3.50. The van der Waals surface area contributed by atoms with E-state index in [9.17, 15) is 18.0 Å². The molecular formula is C20H28F3NO. The molecule has 0 bridgehead atoms. The number of rotatable bonds is 5. The Morgan fingerprint density at radius 2 is 2.00 bits per heavy atom. The van der Waals surface area contributed by atoms with Crippen LogP contribution in [-0.4, -0.2) is 5.78 Å². The summed E-state index contributed by atoms with van der Waals surface area (Å²) in [5.74, 6) is 0.198. The van der Waals surface area contributed by atoms with Crippen molar-refractivity contribution in [2.24, 2.45) is 5.92 Å². The van der Waals surface area contributed by atoms with Crippen molar-refractivity contribution in [1.29, 1.82) is 0 Å². The van der Waals surface area contributed by atoms with Crippen LogP contribution in [0, 0.1) is 5.92 Å². The van der Waals surface area contributed by atoms with Crippen LogP contribution in [0.1, 0.15) is 69.4 Å². The van der Waals surface area contributed by atoms with Crippen molar-refractivity contribution in [2.75, 3.05) is 0 Å². The fourth-order valence-corrected chi connectivity index (χ4v) is 3.27. The Hall–Kier alpha value is -1.62. The quantitative estimate of drug-likeness (QED) is 0.616. The zero-order chi connectivity index (χ0) is 17.7. The van der Waals surface area contributed by atoms with Crippen molar-refractivity contribution < 1.29 is 18.0 Å². The molecule has 2 nitrogen and oxygen atoms in total. The highest BCUT2D eigenvalue weighted by molar-refractivity contribution is 5.87. The first-order valence-corrected chi connectivity index (χ1v) is 8.69. The van der Waals surface area contributed by atoms with Gasteiger partial charge in [-0.25, -0.2) is 0 Å². The Morgan fingerprint density at radius 1 is 1.28 bits per heavy atom. The number of Topliss-reactive ketones (excluding diaryl/α,β-unsaturated/α-hetero) is 1. The minimum atomic E-state index is -4.38. The van der Waals surface area contributed by atoms with Crippen LogP contribution in [0.5, 0.6) is 0 Å². The molecule has 0 aliphatic heterocycles. The first kappa shape index (κ1) is 21.4. The summed E-state index contributed by atoms with van der Waals surface area (Å²) in [5, 5.41) is 0. The third-order valence-electron chi connectivity index (χ3n) is 5.06. The Morgan fingerprint density at radius 3 is 2.64 bits per heavy atom. The van der Waals surface area contributed by atoms with Crippen molar-refractivity contribution >= 4 is 5.78 Å². The number of hydrogen-bond donors (Lipinski definition) is 1. The highest BCUT2D eigenvalue weighted by Crippen LogP contribution is 2.32. The molecule has 0 amide bonds. The lowest BCUT2D eigenvalue weighted by molar-refractivity contribution is -0.137. The lowest BCUT2D eigenvalue weighted by Crippen LogP contribution is -2.12. The molecule has 0 fully saturated rings. The molecule has 3 N–H and O–H groups in total. The van der Waals surface area contributed by atoms with Gasteiger partial charge in [-0.2, -0.15) is 13.2 Å². The minimum absolute atomic E-state index is 0. The van der Waals surface area contributed by atoms with Crippen LogP contribution in [0.25, 0.3) is 0 Å². The van der Waals surface area contributed by atoms with Gasteiger partial charge in [-0.05, 0) is 43.2 Å². The van der Waals surface area contributed by atoms with Gasteiger partial charge in [0.1, 0.15) is 5.78 Å². The maximum absolute atomic E-state index is 12.8. The average molecular weight is 355 g/mol. The van der Waals surface area contributed by atoms with Crippen molar-refractivity contribution in [1.82, 2.24) is 6.15 Å². The van der Waals surface area contributed by atoms with Gasteiger partial charge in [0.2, 0.25) is 0 Å².